The number of methoxy groups -OCH3 is 1. The number of alkyl halides is 3. The van der Waals surface area contributed by atoms with Crippen molar-refractivity contribution in [3.63, 3.8) is 0 Å². The average molecular weight is 387 g/mol. The summed E-state index contributed by atoms with van der Waals surface area (Å²) in [5, 5.41) is 9.78. The lowest BCUT2D eigenvalue weighted by atomic mass is 10.1. The molecule has 0 amide bonds. The summed E-state index contributed by atoms with van der Waals surface area (Å²) in [7, 11) is 5.18. The van der Waals surface area contributed by atoms with Crippen LogP contribution in [-0.2, 0) is 24.0 Å². The molecular weight excluding hydrogens is 363 g/mol. The predicted molar refractivity (Wildman–Crippen MR) is 95.4 cm³/mol. The van der Waals surface area contributed by atoms with E-state index in [1.807, 2.05) is 19.0 Å². The first-order valence-corrected chi connectivity index (χ1v) is 8.44. The van der Waals surface area contributed by atoms with Crippen LogP contribution in [0.4, 0.5) is 13.2 Å². The predicted octanol–water partition coefficient (Wildman–Crippen LogP) is 1.55. The lowest BCUT2D eigenvalue weighted by molar-refractivity contribution is -0.138. The Hall–Kier alpha value is -2.17. The second-order valence-electron chi connectivity index (χ2n) is 6.24. The highest BCUT2D eigenvalue weighted by Gasteiger charge is 2.35. The van der Waals surface area contributed by atoms with Gasteiger partial charge in [-0.05, 0) is 20.2 Å². The molecule has 150 valence electrons. The monoisotopic (exact) mass is 387 g/mol. The van der Waals surface area contributed by atoms with E-state index in [4.69, 9.17) is 4.74 Å². The minimum atomic E-state index is -4.74. The van der Waals surface area contributed by atoms with Crippen LogP contribution < -0.4 is 10.9 Å². The normalized spacial score (nSPS) is 12.1. The molecule has 2 rings (SSSR count). The van der Waals surface area contributed by atoms with E-state index in [-0.39, 0.29) is 18.7 Å². The van der Waals surface area contributed by atoms with Crippen LogP contribution in [0.1, 0.15) is 11.1 Å². The first-order chi connectivity index (χ1) is 12.8. The number of hydrogen-bond donors (Lipinski definition) is 2. The minimum Gasteiger partial charge on any atom is -0.383 e. The Morgan fingerprint density at radius 1 is 1.41 bits per heavy atom. The zero-order valence-corrected chi connectivity index (χ0v) is 15.6. The van der Waals surface area contributed by atoms with Crippen molar-refractivity contribution in [1.29, 1.82) is 0 Å². The molecule has 0 aliphatic carbocycles. The van der Waals surface area contributed by atoms with E-state index >= 15 is 0 Å². The summed E-state index contributed by atoms with van der Waals surface area (Å²) in [5.41, 5.74) is -0.829. The highest BCUT2D eigenvalue weighted by molar-refractivity contribution is 5.62. The standard InChI is InChI=1S/C17H24F3N5O2/c1-21-4-5-24(2)10-13-9-22-23-15(13)12-8-14(17(18,19)20)16(26)25(11-12)6-7-27-3/h8-9,11,21H,4-7,10H2,1-3H3,(H,22,23). The molecule has 0 spiro atoms. The maximum atomic E-state index is 13.3. The maximum absolute atomic E-state index is 13.3. The number of likely N-dealkylation sites (N-methyl/N-ethyl adjacent to an activating group) is 2. The molecule has 0 saturated carbocycles. The van der Waals surface area contributed by atoms with E-state index in [0.29, 0.717) is 12.2 Å². The minimum absolute atomic E-state index is 0.0256. The van der Waals surface area contributed by atoms with Gasteiger partial charge in [0.05, 0.1) is 18.5 Å². The molecule has 0 bridgehead atoms. The summed E-state index contributed by atoms with van der Waals surface area (Å²) in [4.78, 5) is 14.2. The fourth-order valence-electron chi connectivity index (χ4n) is 2.68. The second-order valence-corrected chi connectivity index (χ2v) is 6.24. The van der Waals surface area contributed by atoms with Gasteiger partial charge in [0.2, 0.25) is 0 Å². The van der Waals surface area contributed by atoms with Gasteiger partial charge in [-0.3, -0.25) is 9.89 Å². The molecule has 2 aromatic heterocycles. The number of halogens is 3. The van der Waals surface area contributed by atoms with Crippen LogP contribution in [-0.4, -0.2) is 60.6 Å². The third-order valence-electron chi connectivity index (χ3n) is 4.12. The van der Waals surface area contributed by atoms with Crippen molar-refractivity contribution in [2.45, 2.75) is 19.3 Å². The molecule has 0 fully saturated rings. The SMILES string of the molecule is CNCCN(C)Cc1cn[nH]c1-c1cc(C(F)(F)F)c(=O)n(CCOC)c1. The highest BCUT2D eigenvalue weighted by atomic mass is 19.4. The van der Waals surface area contributed by atoms with Crippen molar-refractivity contribution in [2.24, 2.45) is 0 Å². The highest BCUT2D eigenvalue weighted by Crippen LogP contribution is 2.30. The largest absolute Gasteiger partial charge is 0.421 e. The van der Waals surface area contributed by atoms with E-state index in [1.165, 1.54) is 13.3 Å². The third-order valence-corrected chi connectivity index (χ3v) is 4.12. The molecule has 2 heterocycles. The fraction of sp³-hybridized carbons (Fsp3) is 0.529. The van der Waals surface area contributed by atoms with E-state index in [0.717, 1.165) is 29.3 Å². The number of hydrogen-bond acceptors (Lipinski definition) is 5. The second kappa shape index (κ2) is 9.16. The quantitative estimate of drug-likeness (QED) is 0.683. The molecule has 0 aliphatic heterocycles. The van der Waals surface area contributed by atoms with Gasteiger partial charge in [-0.1, -0.05) is 0 Å². The van der Waals surface area contributed by atoms with Gasteiger partial charge < -0.3 is 19.5 Å². The molecule has 10 heteroatoms. The first kappa shape index (κ1) is 21.1. The van der Waals surface area contributed by atoms with Crippen molar-refractivity contribution < 1.29 is 17.9 Å². The molecule has 0 atom stereocenters. The van der Waals surface area contributed by atoms with Gasteiger partial charge in [0.25, 0.3) is 5.56 Å². The summed E-state index contributed by atoms with van der Waals surface area (Å²) in [6.07, 6.45) is -1.75. The van der Waals surface area contributed by atoms with E-state index in [2.05, 4.69) is 15.5 Å². The van der Waals surface area contributed by atoms with Crippen molar-refractivity contribution in [3.05, 3.63) is 39.9 Å². The summed E-state index contributed by atoms with van der Waals surface area (Å²) in [6.45, 7) is 2.21. The van der Waals surface area contributed by atoms with Crippen LogP contribution >= 0.6 is 0 Å². The smallest absolute Gasteiger partial charge is 0.383 e. The van der Waals surface area contributed by atoms with Gasteiger partial charge in [0.15, 0.2) is 0 Å². The van der Waals surface area contributed by atoms with Crippen LogP contribution in [0.25, 0.3) is 11.3 Å². The number of aromatic amines is 1. The zero-order valence-electron chi connectivity index (χ0n) is 15.6. The molecule has 2 aromatic rings. The number of rotatable bonds is 9. The lowest BCUT2D eigenvalue weighted by Gasteiger charge is -2.17. The Bertz CT molecular complexity index is 801. The van der Waals surface area contributed by atoms with Crippen molar-refractivity contribution in [1.82, 2.24) is 25.0 Å². The Morgan fingerprint density at radius 3 is 2.78 bits per heavy atom. The third kappa shape index (κ3) is 5.41. The maximum Gasteiger partial charge on any atom is 0.421 e. The average Bonchev–Trinajstić information content (AvgIpc) is 3.06. The summed E-state index contributed by atoms with van der Waals surface area (Å²) < 4.78 is 45.9. The van der Waals surface area contributed by atoms with E-state index in [1.54, 1.807) is 6.20 Å². The summed E-state index contributed by atoms with van der Waals surface area (Å²) in [5.74, 6) is 0. The van der Waals surface area contributed by atoms with Crippen molar-refractivity contribution in [2.75, 3.05) is 40.9 Å². The first-order valence-electron chi connectivity index (χ1n) is 8.44. The topological polar surface area (TPSA) is 75.2 Å². The molecule has 7 nitrogen and oxygen atoms in total. The van der Waals surface area contributed by atoms with Crippen LogP contribution in [0.2, 0.25) is 0 Å². The molecule has 0 aromatic carbocycles. The molecule has 0 saturated heterocycles. The Morgan fingerprint density at radius 2 is 2.15 bits per heavy atom. The molecule has 0 unspecified atom stereocenters. The van der Waals surface area contributed by atoms with Gasteiger partial charge in [0.1, 0.15) is 5.56 Å². The lowest BCUT2D eigenvalue weighted by Crippen LogP contribution is -2.30. The zero-order chi connectivity index (χ0) is 20.0. The van der Waals surface area contributed by atoms with Crippen LogP contribution in [0.15, 0.2) is 23.3 Å². The van der Waals surface area contributed by atoms with Crippen LogP contribution in [0.5, 0.6) is 0 Å². The van der Waals surface area contributed by atoms with E-state index in [9.17, 15) is 18.0 Å². The number of aromatic nitrogens is 3. The van der Waals surface area contributed by atoms with Crippen LogP contribution in [0, 0.1) is 0 Å². The number of pyridine rings is 1. The van der Waals surface area contributed by atoms with Crippen molar-refractivity contribution >= 4 is 0 Å². The number of ether oxygens (including phenoxy) is 1. The molecular formula is C17H24F3N5O2. The van der Waals surface area contributed by atoms with Gasteiger partial charge in [0, 0.05) is 50.6 Å². The Kier molecular flexibility index (Phi) is 7.17. The molecule has 27 heavy (non-hydrogen) atoms. The van der Waals surface area contributed by atoms with Crippen LogP contribution in [0.3, 0.4) is 0 Å². The molecule has 2 N–H and O–H groups in total. The van der Waals surface area contributed by atoms with E-state index < -0.39 is 17.3 Å². The van der Waals surface area contributed by atoms with Gasteiger partial charge >= 0.3 is 6.18 Å². The fourth-order valence-corrected chi connectivity index (χ4v) is 2.68. The molecule has 0 radical (unpaired) electrons. The Balaban J connectivity index is 2.44. The van der Waals surface area contributed by atoms with Gasteiger partial charge in [-0.2, -0.15) is 18.3 Å². The molecule has 0 aliphatic rings. The van der Waals surface area contributed by atoms with Crippen molar-refractivity contribution in [3.8, 4) is 11.3 Å². The number of nitrogens with one attached hydrogen (secondary N) is 2. The summed E-state index contributed by atoms with van der Waals surface area (Å²) >= 11 is 0. The Labute approximate surface area is 155 Å². The number of nitrogens with zero attached hydrogens (tertiary/aromatic N) is 3. The summed E-state index contributed by atoms with van der Waals surface area (Å²) in [6, 6.07) is 0.871. The van der Waals surface area contributed by atoms with Gasteiger partial charge in [-0.25, -0.2) is 0 Å². The van der Waals surface area contributed by atoms with Gasteiger partial charge in [-0.15, -0.1) is 0 Å². The number of H-pyrrole nitrogens is 1.